The maximum absolute atomic E-state index is 13.2. The molecule has 1 aliphatic rings. The number of aromatic nitrogens is 1. The van der Waals surface area contributed by atoms with Crippen LogP contribution in [0.3, 0.4) is 0 Å². The zero-order valence-electron chi connectivity index (χ0n) is 20.4. The van der Waals surface area contributed by atoms with Crippen molar-refractivity contribution >= 4 is 56.1 Å². The number of ether oxygens (including phenoxy) is 1. The fourth-order valence-electron chi connectivity index (χ4n) is 5.06. The van der Waals surface area contributed by atoms with Crippen LogP contribution in [0.1, 0.15) is 53.1 Å². The number of nitrogens with one attached hydrogen (secondary N) is 1. The number of carbonyl (C=O) groups is 2. The van der Waals surface area contributed by atoms with Gasteiger partial charge in [0, 0.05) is 33.2 Å². The van der Waals surface area contributed by atoms with Gasteiger partial charge in [-0.2, -0.15) is 5.26 Å². The average molecular weight is 498 g/mol. The summed E-state index contributed by atoms with van der Waals surface area (Å²) in [6.45, 7) is 4.99. The van der Waals surface area contributed by atoms with Gasteiger partial charge in [0.15, 0.2) is 0 Å². The number of thiophene rings is 1. The third-order valence-corrected chi connectivity index (χ3v) is 7.87. The predicted octanol–water partition coefficient (Wildman–Crippen LogP) is 6.48. The van der Waals surface area contributed by atoms with Gasteiger partial charge in [-0.05, 0) is 74.9 Å². The molecule has 2 aromatic carbocycles. The van der Waals surface area contributed by atoms with E-state index in [4.69, 9.17) is 4.74 Å². The van der Waals surface area contributed by atoms with Gasteiger partial charge >= 0.3 is 5.97 Å². The predicted molar refractivity (Wildman–Crippen MR) is 144 cm³/mol. The van der Waals surface area contributed by atoms with E-state index in [1.807, 2.05) is 36.4 Å². The number of aryl methyl sites for hydroxylation is 2. The SMILES string of the molecule is CCOC(=O)c1c(NC(=O)/C(C#N)=C/c2ccc3c(c2)c2ccccc2n3CC)sc2c1CCCC2. The van der Waals surface area contributed by atoms with E-state index >= 15 is 0 Å². The lowest BCUT2D eigenvalue weighted by atomic mass is 9.95. The fraction of sp³-hybridized carbons (Fsp3) is 0.276. The van der Waals surface area contributed by atoms with Gasteiger partial charge in [0.05, 0.1) is 12.2 Å². The van der Waals surface area contributed by atoms with Gasteiger partial charge in [0.1, 0.15) is 16.6 Å². The van der Waals surface area contributed by atoms with Gasteiger partial charge < -0.3 is 14.6 Å². The molecule has 36 heavy (non-hydrogen) atoms. The Hall–Kier alpha value is -3.89. The van der Waals surface area contributed by atoms with Gasteiger partial charge in [0.2, 0.25) is 0 Å². The van der Waals surface area contributed by atoms with E-state index in [0.717, 1.165) is 70.0 Å². The third kappa shape index (κ3) is 4.18. The molecule has 1 N–H and O–H groups in total. The Morgan fingerprint density at radius 1 is 1.11 bits per heavy atom. The molecule has 5 rings (SSSR count). The Balaban J connectivity index is 1.50. The molecule has 0 saturated carbocycles. The number of hydrogen-bond acceptors (Lipinski definition) is 5. The highest BCUT2D eigenvalue weighted by Gasteiger charge is 2.27. The van der Waals surface area contributed by atoms with E-state index in [9.17, 15) is 14.9 Å². The van der Waals surface area contributed by atoms with Crippen molar-refractivity contribution in [1.29, 1.82) is 5.26 Å². The molecule has 0 atom stereocenters. The number of nitriles is 1. The lowest BCUT2D eigenvalue weighted by molar-refractivity contribution is -0.112. The number of fused-ring (bicyclic) bond motifs is 4. The Morgan fingerprint density at radius 2 is 1.89 bits per heavy atom. The number of nitrogens with zero attached hydrogens (tertiary/aromatic N) is 2. The van der Waals surface area contributed by atoms with Crippen molar-refractivity contribution in [3.8, 4) is 6.07 Å². The molecule has 0 aliphatic heterocycles. The summed E-state index contributed by atoms with van der Waals surface area (Å²) in [6, 6.07) is 16.2. The maximum Gasteiger partial charge on any atom is 0.341 e. The number of carbonyl (C=O) groups excluding carboxylic acids is 2. The summed E-state index contributed by atoms with van der Waals surface area (Å²) in [4.78, 5) is 27.0. The fourth-order valence-corrected chi connectivity index (χ4v) is 6.33. The standard InChI is InChI=1S/C29H27N3O3S/c1-3-32-23-11-7-5-9-20(23)22-16-18(13-14-24(22)32)15-19(17-30)27(33)31-28-26(29(34)35-4-2)21-10-6-8-12-25(21)36-28/h5,7,9,11,13-16H,3-4,6,8,10,12H2,1-2H3,(H,31,33)/b19-15+. The van der Waals surface area contributed by atoms with Crippen LogP contribution in [-0.2, 0) is 28.9 Å². The number of benzene rings is 2. The smallest absolute Gasteiger partial charge is 0.341 e. The lowest BCUT2D eigenvalue weighted by Gasteiger charge is -2.12. The summed E-state index contributed by atoms with van der Waals surface area (Å²) in [6.07, 6.45) is 5.34. The minimum atomic E-state index is -0.530. The van der Waals surface area contributed by atoms with Crippen LogP contribution in [0.5, 0.6) is 0 Å². The zero-order valence-corrected chi connectivity index (χ0v) is 21.2. The molecule has 2 heterocycles. The Labute approximate surface area is 213 Å². The molecule has 7 heteroatoms. The molecule has 1 amide bonds. The molecule has 0 unspecified atom stereocenters. The number of hydrogen-bond donors (Lipinski definition) is 1. The van der Waals surface area contributed by atoms with Crippen molar-refractivity contribution in [3.05, 3.63) is 69.6 Å². The van der Waals surface area contributed by atoms with Crippen LogP contribution in [0.4, 0.5) is 5.00 Å². The molecule has 4 aromatic rings. The van der Waals surface area contributed by atoms with Crippen molar-refractivity contribution in [2.24, 2.45) is 0 Å². The molecule has 2 aromatic heterocycles. The van der Waals surface area contributed by atoms with Gasteiger partial charge in [-0.3, -0.25) is 4.79 Å². The quantitative estimate of drug-likeness (QED) is 0.188. The van der Waals surface area contributed by atoms with Crippen molar-refractivity contribution in [3.63, 3.8) is 0 Å². The minimum absolute atomic E-state index is 0.0187. The van der Waals surface area contributed by atoms with Crippen LogP contribution < -0.4 is 5.32 Å². The Kier molecular flexibility index (Phi) is 6.62. The summed E-state index contributed by atoms with van der Waals surface area (Å²) in [5.41, 5.74) is 4.43. The summed E-state index contributed by atoms with van der Waals surface area (Å²) in [5, 5.41) is 15.3. The van der Waals surface area contributed by atoms with Crippen LogP contribution in [0.25, 0.3) is 27.9 Å². The first-order chi connectivity index (χ1) is 17.5. The molecule has 0 saturated heterocycles. The highest BCUT2D eigenvalue weighted by molar-refractivity contribution is 7.17. The second-order valence-electron chi connectivity index (χ2n) is 8.80. The molecule has 0 spiro atoms. The monoisotopic (exact) mass is 497 g/mol. The second-order valence-corrected chi connectivity index (χ2v) is 9.90. The second kappa shape index (κ2) is 10.00. The molecule has 182 valence electrons. The summed E-state index contributed by atoms with van der Waals surface area (Å²) in [5.74, 6) is -0.954. The van der Waals surface area contributed by atoms with E-state index in [0.29, 0.717) is 10.6 Å². The average Bonchev–Trinajstić information content (AvgIpc) is 3.42. The third-order valence-electron chi connectivity index (χ3n) is 6.67. The van der Waals surface area contributed by atoms with E-state index in [1.54, 1.807) is 13.0 Å². The van der Waals surface area contributed by atoms with Crippen LogP contribution in [0, 0.1) is 11.3 Å². The Bertz CT molecular complexity index is 1570. The van der Waals surface area contributed by atoms with Gasteiger partial charge in [-0.1, -0.05) is 24.3 Å². The first-order valence-corrected chi connectivity index (χ1v) is 13.1. The molecule has 6 nitrogen and oxygen atoms in total. The minimum Gasteiger partial charge on any atom is -0.462 e. The first kappa shape index (κ1) is 23.8. The van der Waals surface area contributed by atoms with Crippen molar-refractivity contribution < 1.29 is 14.3 Å². The molecule has 0 fully saturated rings. The maximum atomic E-state index is 13.2. The molecular formula is C29H27N3O3S. The number of amides is 1. The zero-order chi connectivity index (χ0) is 25.2. The van der Waals surface area contributed by atoms with Crippen molar-refractivity contribution in [1.82, 2.24) is 4.57 Å². The highest BCUT2D eigenvalue weighted by atomic mass is 32.1. The molecular weight excluding hydrogens is 470 g/mol. The largest absolute Gasteiger partial charge is 0.462 e. The molecule has 0 bridgehead atoms. The number of para-hydroxylation sites is 1. The number of esters is 1. The number of anilines is 1. The summed E-state index contributed by atoms with van der Waals surface area (Å²) in [7, 11) is 0. The van der Waals surface area contributed by atoms with Crippen LogP contribution in [0.2, 0.25) is 0 Å². The molecule has 0 radical (unpaired) electrons. The van der Waals surface area contributed by atoms with E-state index in [-0.39, 0.29) is 12.2 Å². The summed E-state index contributed by atoms with van der Waals surface area (Å²) < 4.78 is 7.53. The normalized spacial score (nSPS) is 13.4. The lowest BCUT2D eigenvalue weighted by Crippen LogP contribution is -2.16. The number of rotatable bonds is 6. The summed E-state index contributed by atoms with van der Waals surface area (Å²) >= 11 is 1.42. The first-order valence-electron chi connectivity index (χ1n) is 12.3. The van der Waals surface area contributed by atoms with E-state index < -0.39 is 11.9 Å². The van der Waals surface area contributed by atoms with Crippen molar-refractivity contribution in [2.45, 2.75) is 46.1 Å². The van der Waals surface area contributed by atoms with Gasteiger partial charge in [-0.25, -0.2) is 4.79 Å². The van der Waals surface area contributed by atoms with Gasteiger partial charge in [-0.15, -0.1) is 11.3 Å². The van der Waals surface area contributed by atoms with Gasteiger partial charge in [0.25, 0.3) is 5.91 Å². The van der Waals surface area contributed by atoms with E-state index in [2.05, 4.69) is 28.9 Å². The topological polar surface area (TPSA) is 84.1 Å². The van der Waals surface area contributed by atoms with Crippen LogP contribution in [0.15, 0.2) is 48.0 Å². The molecule has 1 aliphatic carbocycles. The van der Waals surface area contributed by atoms with Crippen LogP contribution >= 0.6 is 11.3 Å². The van der Waals surface area contributed by atoms with Crippen LogP contribution in [-0.4, -0.2) is 23.1 Å². The van der Waals surface area contributed by atoms with E-state index in [1.165, 1.54) is 11.3 Å². The highest BCUT2D eigenvalue weighted by Crippen LogP contribution is 2.39. The Morgan fingerprint density at radius 3 is 2.67 bits per heavy atom. The van der Waals surface area contributed by atoms with Crippen molar-refractivity contribution in [2.75, 3.05) is 11.9 Å².